The van der Waals surface area contributed by atoms with Gasteiger partial charge in [-0.2, -0.15) is 0 Å². The number of benzene rings is 1. The summed E-state index contributed by atoms with van der Waals surface area (Å²) in [7, 11) is 0. The highest BCUT2D eigenvalue weighted by Crippen LogP contribution is 2.14. The fraction of sp³-hybridized carbons (Fsp3) is 0.429. The normalized spacial score (nSPS) is 11.4. The Morgan fingerprint density at radius 3 is 2.60 bits per heavy atom. The van der Waals surface area contributed by atoms with E-state index in [0.717, 1.165) is 37.7 Å². The molecule has 25 heavy (non-hydrogen) atoms. The van der Waals surface area contributed by atoms with E-state index < -0.39 is 12.0 Å². The van der Waals surface area contributed by atoms with Crippen LogP contribution in [0.25, 0.3) is 0 Å². The highest BCUT2D eigenvalue weighted by atomic mass is 16.5. The predicted molar refractivity (Wildman–Crippen MR) is 102 cm³/mol. The van der Waals surface area contributed by atoms with Gasteiger partial charge in [-0.1, -0.05) is 36.8 Å². The quantitative estimate of drug-likeness (QED) is 0.351. The van der Waals surface area contributed by atoms with Crippen LogP contribution < -0.4 is 5.32 Å². The molecule has 0 spiro atoms. The summed E-state index contributed by atoms with van der Waals surface area (Å²) in [5.41, 5.74) is 1.62. The van der Waals surface area contributed by atoms with E-state index >= 15 is 0 Å². The Labute approximate surface area is 151 Å². The Kier molecular flexibility index (Phi) is 9.98. The van der Waals surface area contributed by atoms with Gasteiger partial charge >= 0.3 is 5.97 Å². The summed E-state index contributed by atoms with van der Waals surface area (Å²) in [5, 5.41) is 2.77. The molecule has 0 saturated carbocycles. The minimum Gasteiger partial charge on any atom is -0.464 e. The van der Waals surface area contributed by atoms with Gasteiger partial charge < -0.3 is 10.1 Å². The molecule has 4 heteroatoms. The summed E-state index contributed by atoms with van der Waals surface area (Å²) in [6.07, 6.45) is 8.97. The van der Waals surface area contributed by atoms with Crippen LogP contribution in [-0.4, -0.2) is 24.5 Å². The van der Waals surface area contributed by atoms with E-state index in [2.05, 4.69) is 18.5 Å². The molecule has 1 rings (SSSR count). The highest BCUT2D eigenvalue weighted by molar-refractivity contribution is 5.98. The lowest BCUT2D eigenvalue weighted by atomic mass is 10.00. The van der Waals surface area contributed by atoms with Gasteiger partial charge in [0, 0.05) is 5.56 Å². The minimum absolute atomic E-state index is 0.249. The second-order valence-electron chi connectivity index (χ2n) is 5.85. The summed E-state index contributed by atoms with van der Waals surface area (Å²) < 4.78 is 5.02. The molecule has 0 aliphatic carbocycles. The lowest BCUT2D eigenvalue weighted by molar-refractivity contribution is -0.145. The van der Waals surface area contributed by atoms with Crippen LogP contribution in [0.15, 0.2) is 49.6 Å². The molecule has 0 fully saturated rings. The Bertz CT molecular complexity index is 580. The van der Waals surface area contributed by atoms with E-state index in [1.165, 1.54) is 0 Å². The number of carbonyl (C=O) groups is 2. The van der Waals surface area contributed by atoms with Gasteiger partial charge in [-0.25, -0.2) is 4.79 Å². The molecule has 0 radical (unpaired) electrons. The van der Waals surface area contributed by atoms with Crippen molar-refractivity contribution in [2.24, 2.45) is 0 Å². The van der Waals surface area contributed by atoms with Crippen molar-refractivity contribution in [1.82, 2.24) is 5.32 Å². The number of esters is 1. The maximum absolute atomic E-state index is 12.6. The van der Waals surface area contributed by atoms with Crippen molar-refractivity contribution in [3.63, 3.8) is 0 Å². The molecule has 0 unspecified atom stereocenters. The maximum atomic E-state index is 12.6. The van der Waals surface area contributed by atoms with Crippen LogP contribution >= 0.6 is 0 Å². The molecule has 4 nitrogen and oxygen atoms in total. The number of rotatable bonds is 12. The van der Waals surface area contributed by atoms with Crippen LogP contribution in [0.3, 0.4) is 0 Å². The van der Waals surface area contributed by atoms with Crippen LogP contribution in [0.2, 0.25) is 0 Å². The number of unbranched alkanes of at least 4 members (excludes halogenated alkanes) is 3. The Hall–Kier alpha value is -2.36. The van der Waals surface area contributed by atoms with Gasteiger partial charge in [0.25, 0.3) is 5.91 Å². The average Bonchev–Trinajstić information content (AvgIpc) is 2.61. The number of hydrogen-bond donors (Lipinski definition) is 1. The number of carbonyl (C=O) groups excluding carboxylic acids is 2. The fourth-order valence-corrected chi connectivity index (χ4v) is 2.60. The zero-order valence-corrected chi connectivity index (χ0v) is 15.1. The van der Waals surface area contributed by atoms with E-state index in [-0.39, 0.29) is 12.5 Å². The second-order valence-corrected chi connectivity index (χ2v) is 5.85. The van der Waals surface area contributed by atoms with Gasteiger partial charge in [0.1, 0.15) is 6.04 Å². The first kappa shape index (κ1) is 20.7. The smallest absolute Gasteiger partial charge is 0.328 e. The van der Waals surface area contributed by atoms with Gasteiger partial charge in [-0.15, -0.1) is 13.2 Å². The molecule has 1 aromatic carbocycles. The molecular weight excluding hydrogens is 314 g/mol. The Balaban J connectivity index is 2.74. The molecule has 0 aliphatic rings. The molecule has 0 saturated heterocycles. The van der Waals surface area contributed by atoms with Crippen LogP contribution in [0.5, 0.6) is 0 Å². The zero-order chi connectivity index (χ0) is 18.5. The van der Waals surface area contributed by atoms with Crippen molar-refractivity contribution in [3.05, 3.63) is 60.7 Å². The maximum Gasteiger partial charge on any atom is 0.328 e. The standard InChI is InChI=1S/C21H29NO3/c1-4-7-8-9-10-14-17-15-11-12-16-18(17)20(23)22-19(13-5-2)21(24)25-6-3/h4-5,11-12,15-16,19H,1-2,6-10,13-14H2,3H3,(H,22,23)/t19-/m0/s1. The molecule has 0 bridgehead atoms. The Morgan fingerprint density at radius 2 is 1.92 bits per heavy atom. The van der Waals surface area contributed by atoms with Crippen molar-refractivity contribution >= 4 is 11.9 Å². The topological polar surface area (TPSA) is 55.4 Å². The van der Waals surface area contributed by atoms with Crippen molar-refractivity contribution < 1.29 is 14.3 Å². The predicted octanol–water partition coefficient (Wildman–Crippen LogP) is 4.21. The zero-order valence-electron chi connectivity index (χ0n) is 15.1. The van der Waals surface area contributed by atoms with E-state index in [9.17, 15) is 9.59 Å². The van der Waals surface area contributed by atoms with Crippen molar-refractivity contribution in [2.75, 3.05) is 6.61 Å². The molecule has 1 amide bonds. The molecule has 1 N–H and O–H groups in total. The van der Waals surface area contributed by atoms with Crippen molar-refractivity contribution in [3.8, 4) is 0 Å². The molecule has 0 aromatic heterocycles. The van der Waals surface area contributed by atoms with E-state index in [1.807, 2.05) is 24.3 Å². The third-order valence-corrected chi connectivity index (χ3v) is 3.90. The summed E-state index contributed by atoms with van der Waals surface area (Å²) in [6, 6.07) is 6.83. The molecule has 0 aliphatic heterocycles. The van der Waals surface area contributed by atoms with Gasteiger partial charge in [0.05, 0.1) is 6.61 Å². The lowest BCUT2D eigenvalue weighted by Gasteiger charge is -2.17. The van der Waals surface area contributed by atoms with Crippen LogP contribution in [0, 0.1) is 0 Å². The summed E-state index contributed by atoms with van der Waals surface area (Å²) in [5.74, 6) is -0.681. The van der Waals surface area contributed by atoms with E-state index in [1.54, 1.807) is 19.1 Å². The molecular formula is C21H29NO3. The highest BCUT2D eigenvalue weighted by Gasteiger charge is 2.22. The first-order valence-electron chi connectivity index (χ1n) is 8.91. The number of amides is 1. The fourth-order valence-electron chi connectivity index (χ4n) is 2.60. The third kappa shape index (κ3) is 7.38. The molecule has 136 valence electrons. The van der Waals surface area contributed by atoms with Gasteiger partial charge in [-0.3, -0.25) is 4.79 Å². The van der Waals surface area contributed by atoms with Crippen molar-refractivity contribution in [1.29, 1.82) is 0 Å². The summed E-state index contributed by atoms with van der Waals surface area (Å²) in [6.45, 7) is 9.39. The van der Waals surface area contributed by atoms with Crippen LogP contribution in [0.4, 0.5) is 0 Å². The average molecular weight is 343 g/mol. The largest absolute Gasteiger partial charge is 0.464 e. The minimum atomic E-state index is -0.703. The van der Waals surface area contributed by atoms with Gasteiger partial charge in [0.15, 0.2) is 0 Å². The first-order valence-corrected chi connectivity index (χ1v) is 8.91. The number of allylic oxidation sites excluding steroid dienone is 1. The number of aryl methyl sites for hydroxylation is 1. The number of ether oxygens (including phenoxy) is 1. The first-order chi connectivity index (χ1) is 12.1. The molecule has 1 aromatic rings. The summed E-state index contributed by atoms with van der Waals surface area (Å²) in [4.78, 5) is 24.6. The van der Waals surface area contributed by atoms with E-state index in [4.69, 9.17) is 4.74 Å². The lowest BCUT2D eigenvalue weighted by Crippen LogP contribution is -2.41. The van der Waals surface area contributed by atoms with E-state index in [0.29, 0.717) is 12.0 Å². The number of nitrogens with one attached hydrogen (secondary N) is 1. The van der Waals surface area contributed by atoms with Crippen LogP contribution in [0.1, 0.15) is 54.9 Å². The monoisotopic (exact) mass is 343 g/mol. The third-order valence-electron chi connectivity index (χ3n) is 3.90. The molecule has 1 atom stereocenters. The summed E-state index contributed by atoms with van der Waals surface area (Å²) >= 11 is 0. The Morgan fingerprint density at radius 1 is 1.16 bits per heavy atom. The SMILES string of the molecule is C=CCCCCCc1ccccc1C(=O)N[C@@H](CC=C)C(=O)OCC. The molecule has 0 heterocycles. The second kappa shape index (κ2) is 12.1. The van der Waals surface area contributed by atoms with Crippen LogP contribution in [-0.2, 0) is 16.0 Å². The number of hydrogen-bond acceptors (Lipinski definition) is 3. The van der Waals surface area contributed by atoms with Gasteiger partial charge in [0.2, 0.25) is 0 Å². The van der Waals surface area contributed by atoms with Gasteiger partial charge in [-0.05, 0) is 50.7 Å². The van der Waals surface area contributed by atoms with Crippen molar-refractivity contribution in [2.45, 2.75) is 51.5 Å².